The number of carbonyl (C=O) groups is 1. The molecule has 2 N–H and O–H groups in total. The van der Waals surface area contributed by atoms with E-state index in [1.165, 1.54) is 0 Å². The number of quaternary nitrogens is 1. The van der Waals surface area contributed by atoms with E-state index in [1.807, 2.05) is 14.1 Å². The average Bonchev–Trinajstić information content (AvgIpc) is 2.27. The number of rotatable bonds is 5. The number of ether oxygens (including phenoxy) is 2. The Morgan fingerprint density at radius 3 is 2.53 bits per heavy atom. The molecule has 5 heteroatoms. The third-order valence-electron chi connectivity index (χ3n) is 2.19. The molecule has 1 aromatic rings. The van der Waals surface area contributed by atoms with Gasteiger partial charge in [-0.2, -0.15) is 0 Å². The van der Waals surface area contributed by atoms with E-state index >= 15 is 0 Å². The lowest BCUT2D eigenvalue weighted by Crippen LogP contribution is -3.06. The van der Waals surface area contributed by atoms with Crippen molar-refractivity contribution < 1.29 is 19.2 Å². The number of methoxy groups -OCH3 is 2. The van der Waals surface area contributed by atoms with Crippen LogP contribution in [-0.2, 0) is 4.79 Å². The van der Waals surface area contributed by atoms with Crippen LogP contribution in [0.25, 0.3) is 0 Å². The van der Waals surface area contributed by atoms with Crippen LogP contribution in [0.15, 0.2) is 18.2 Å². The normalized spacial score (nSPS) is 10.2. The van der Waals surface area contributed by atoms with E-state index in [0.29, 0.717) is 23.7 Å². The van der Waals surface area contributed by atoms with Crippen LogP contribution in [0.4, 0.5) is 5.69 Å². The fourth-order valence-electron chi connectivity index (χ4n) is 1.43. The summed E-state index contributed by atoms with van der Waals surface area (Å²) < 4.78 is 10.3. The van der Waals surface area contributed by atoms with Crippen molar-refractivity contribution in [2.24, 2.45) is 0 Å². The number of nitrogens with one attached hydrogen (secondary N) is 2. The van der Waals surface area contributed by atoms with Crippen LogP contribution < -0.4 is 19.7 Å². The molecule has 0 bridgehead atoms. The van der Waals surface area contributed by atoms with Crippen molar-refractivity contribution in [3.63, 3.8) is 0 Å². The first-order chi connectivity index (χ1) is 8.06. The van der Waals surface area contributed by atoms with Gasteiger partial charge in [0.25, 0.3) is 5.91 Å². The van der Waals surface area contributed by atoms with Gasteiger partial charge in [-0.05, 0) is 12.1 Å². The van der Waals surface area contributed by atoms with Gasteiger partial charge in [0.1, 0.15) is 11.5 Å². The molecule has 0 heterocycles. The van der Waals surface area contributed by atoms with Crippen molar-refractivity contribution in [3.8, 4) is 11.5 Å². The van der Waals surface area contributed by atoms with Crippen LogP contribution in [0.1, 0.15) is 0 Å². The fourth-order valence-corrected chi connectivity index (χ4v) is 1.43. The van der Waals surface area contributed by atoms with E-state index in [9.17, 15) is 4.79 Å². The van der Waals surface area contributed by atoms with Crippen molar-refractivity contribution >= 4 is 11.6 Å². The molecule has 1 rings (SSSR count). The summed E-state index contributed by atoms with van der Waals surface area (Å²) in [4.78, 5) is 12.7. The highest BCUT2D eigenvalue weighted by molar-refractivity contribution is 5.93. The summed E-state index contributed by atoms with van der Waals surface area (Å²) in [5, 5.41) is 2.80. The Balaban J connectivity index is 2.83. The lowest BCUT2D eigenvalue weighted by atomic mass is 10.2. The second-order valence-corrected chi connectivity index (χ2v) is 4.00. The molecule has 0 aliphatic heterocycles. The molecular formula is C12H19N2O3+. The molecule has 0 aromatic heterocycles. The van der Waals surface area contributed by atoms with Crippen molar-refractivity contribution in [2.75, 3.05) is 40.2 Å². The minimum Gasteiger partial charge on any atom is -0.497 e. The summed E-state index contributed by atoms with van der Waals surface area (Å²) in [6.45, 7) is 0.403. The van der Waals surface area contributed by atoms with E-state index in [4.69, 9.17) is 9.47 Å². The molecule has 0 atom stereocenters. The van der Waals surface area contributed by atoms with Crippen LogP contribution in [0, 0.1) is 0 Å². The zero-order valence-corrected chi connectivity index (χ0v) is 10.7. The first kappa shape index (κ1) is 13.3. The highest BCUT2D eigenvalue weighted by Crippen LogP contribution is 2.28. The number of likely N-dealkylation sites (N-methyl/N-ethyl adjacent to an activating group) is 1. The quantitative estimate of drug-likeness (QED) is 0.747. The van der Waals surface area contributed by atoms with Crippen LogP contribution in [0.3, 0.4) is 0 Å². The largest absolute Gasteiger partial charge is 0.497 e. The summed E-state index contributed by atoms with van der Waals surface area (Å²) >= 11 is 0. The monoisotopic (exact) mass is 239 g/mol. The van der Waals surface area contributed by atoms with Gasteiger partial charge in [0.15, 0.2) is 6.54 Å². The maximum Gasteiger partial charge on any atom is 0.279 e. The van der Waals surface area contributed by atoms with Crippen molar-refractivity contribution in [1.82, 2.24) is 0 Å². The molecule has 94 valence electrons. The molecule has 0 aliphatic rings. The van der Waals surface area contributed by atoms with Gasteiger partial charge in [-0.3, -0.25) is 4.79 Å². The minimum absolute atomic E-state index is 0.0587. The SMILES string of the molecule is COc1ccc(OC)c(NC(=O)C[NH+](C)C)c1. The van der Waals surface area contributed by atoms with Gasteiger partial charge in [-0.15, -0.1) is 0 Å². The highest BCUT2D eigenvalue weighted by atomic mass is 16.5. The summed E-state index contributed by atoms with van der Waals surface area (Å²) in [6.07, 6.45) is 0. The van der Waals surface area contributed by atoms with Gasteiger partial charge in [0.2, 0.25) is 0 Å². The third kappa shape index (κ3) is 3.96. The number of anilines is 1. The van der Waals surface area contributed by atoms with E-state index in [0.717, 1.165) is 4.90 Å². The predicted molar refractivity (Wildman–Crippen MR) is 65.9 cm³/mol. The van der Waals surface area contributed by atoms with Gasteiger partial charge in [0.05, 0.1) is 34.0 Å². The molecule has 0 saturated carbocycles. The number of carbonyl (C=O) groups excluding carboxylic acids is 1. The van der Waals surface area contributed by atoms with Crippen LogP contribution in [0.5, 0.6) is 11.5 Å². The van der Waals surface area contributed by atoms with Crippen molar-refractivity contribution in [2.45, 2.75) is 0 Å². The molecule has 0 spiro atoms. The third-order valence-corrected chi connectivity index (χ3v) is 2.19. The average molecular weight is 239 g/mol. The van der Waals surface area contributed by atoms with E-state index in [-0.39, 0.29) is 5.91 Å². The standard InChI is InChI=1S/C12H18N2O3/c1-14(2)8-12(15)13-10-7-9(16-3)5-6-11(10)17-4/h5-7H,8H2,1-4H3,(H,13,15)/p+1. The van der Waals surface area contributed by atoms with E-state index < -0.39 is 0 Å². The van der Waals surface area contributed by atoms with Crippen LogP contribution in [-0.4, -0.2) is 40.8 Å². The predicted octanol–water partition coefficient (Wildman–Crippen LogP) is -0.213. The molecule has 1 aromatic carbocycles. The maximum atomic E-state index is 11.7. The van der Waals surface area contributed by atoms with Gasteiger partial charge < -0.3 is 19.7 Å². The minimum atomic E-state index is -0.0587. The maximum absolute atomic E-state index is 11.7. The van der Waals surface area contributed by atoms with E-state index in [1.54, 1.807) is 32.4 Å². The first-order valence-electron chi connectivity index (χ1n) is 5.37. The number of benzene rings is 1. The van der Waals surface area contributed by atoms with E-state index in [2.05, 4.69) is 5.32 Å². The second kappa shape index (κ2) is 6.10. The molecule has 0 fully saturated rings. The topological polar surface area (TPSA) is 52.0 Å². The van der Waals surface area contributed by atoms with Gasteiger partial charge >= 0.3 is 0 Å². The Kier molecular flexibility index (Phi) is 4.78. The molecule has 1 amide bonds. The lowest BCUT2D eigenvalue weighted by molar-refractivity contribution is -0.849. The van der Waals surface area contributed by atoms with Gasteiger partial charge in [-0.25, -0.2) is 0 Å². The second-order valence-electron chi connectivity index (χ2n) is 4.00. The molecule has 5 nitrogen and oxygen atoms in total. The van der Waals surface area contributed by atoms with Gasteiger partial charge in [0, 0.05) is 6.07 Å². The zero-order valence-electron chi connectivity index (χ0n) is 10.7. The Morgan fingerprint density at radius 2 is 2.00 bits per heavy atom. The number of amides is 1. The summed E-state index contributed by atoms with van der Waals surface area (Å²) in [6, 6.07) is 5.28. The molecule has 17 heavy (non-hydrogen) atoms. The summed E-state index contributed by atoms with van der Waals surface area (Å²) in [5.74, 6) is 1.24. The Labute approximate surface area is 101 Å². The Hall–Kier alpha value is -1.75. The van der Waals surface area contributed by atoms with Gasteiger partial charge in [-0.1, -0.05) is 0 Å². The Morgan fingerprint density at radius 1 is 1.29 bits per heavy atom. The number of hydrogen-bond acceptors (Lipinski definition) is 3. The zero-order chi connectivity index (χ0) is 12.8. The highest BCUT2D eigenvalue weighted by Gasteiger charge is 2.11. The number of hydrogen-bond donors (Lipinski definition) is 2. The first-order valence-corrected chi connectivity index (χ1v) is 5.37. The Bertz CT molecular complexity index is 391. The van der Waals surface area contributed by atoms with Crippen LogP contribution in [0.2, 0.25) is 0 Å². The summed E-state index contributed by atoms with van der Waals surface area (Å²) in [7, 11) is 6.98. The van der Waals surface area contributed by atoms with Crippen LogP contribution >= 0.6 is 0 Å². The molecule has 0 saturated heterocycles. The summed E-state index contributed by atoms with van der Waals surface area (Å²) in [5.41, 5.74) is 0.623. The molecular weight excluding hydrogens is 220 g/mol. The van der Waals surface area contributed by atoms with Crippen molar-refractivity contribution in [3.05, 3.63) is 18.2 Å². The molecule has 0 radical (unpaired) electrons. The fraction of sp³-hybridized carbons (Fsp3) is 0.417. The molecule has 0 unspecified atom stereocenters. The van der Waals surface area contributed by atoms with Crippen molar-refractivity contribution in [1.29, 1.82) is 0 Å². The smallest absolute Gasteiger partial charge is 0.279 e. The lowest BCUT2D eigenvalue weighted by Gasteiger charge is -2.12. The molecule has 0 aliphatic carbocycles.